The molecule has 0 aromatic heterocycles. The summed E-state index contributed by atoms with van der Waals surface area (Å²) in [6.07, 6.45) is 13.1. The van der Waals surface area contributed by atoms with Crippen molar-refractivity contribution in [2.45, 2.75) is 26.8 Å². The Balaban J connectivity index is 2.02. The fourth-order valence-corrected chi connectivity index (χ4v) is 2.82. The van der Waals surface area contributed by atoms with Crippen molar-refractivity contribution in [2.75, 3.05) is 0 Å². The third-order valence-corrected chi connectivity index (χ3v) is 3.89. The predicted octanol–water partition coefficient (Wildman–Crippen LogP) is 4.16. The monoisotopic (exact) mass is 249 g/mol. The van der Waals surface area contributed by atoms with Crippen molar-refractivity contribution in [3.63, 3.8) is 0 Å². The Morgan fingerprint density at radius 2 is 1.74 bits per heavy atom. The van der Waals surface area contributed by atoms with Gasteiger partial charge >= 0.3 is 0 Å². The first kappa shape index (κ1) is 12.2. The molecule has 3 rings (SSSR count). The van der Waals surface area contributed by atoms with Crippen LogP contribution in [0.1, 0.15) is 23.6 Å². The van der Waals surface area contributed by atoms with E-state index in [0.29, 0.717) is 0 Å². The Bertz CT molecular complexity index is 611. The van der Waals surface area contributed by atoms with Gasteiger partial charge in [0.15, 0.2) is 0 Å². The lowest BCUT2D eigenvalue weighted by Crippen LogP contribution is -2.31. The first-order valence-electron chi connectivity index (χ1n) is 6.79. The third kappa shape index (κ3) is 2.21. The SMILES string of the molecule is Cc1cc(C)cc(C2=NC3C=CC=C[C@@]3(C)C=C2)c1. The lowest BCUT2D eigenvalue weighted by atomic mass is 9.77. The Kier molecular flexibility index (Phi) is 2.78. The third-order valence-electron chi connectivity index (χ3n) is 3.89. The van der Waals surface area contributed by atoms with Gasteiger partial charge in [-0.05, 0) is 32.1 Å². The van der Waals surface area contributed by atoms with Gasteiger partial charge in [0.05, 0.1) is 11.8 Å². The highest BCUT2D eigenvalue weighted by molar-refractivity contribution is 6.09. The maximum absolute atomic E-state index is 4.92. The molecule has 1 aliphatic heterocycles. The smallest absolute Gasteiger partial charge is 0.0813 e. The Hall–Kier alpha value is -1.89. The van der Waals surface area contributed by atoms with Gasteiger partial charge in [0.1, 0.15) is 0 Å². The predicted molar refractivity (Wildman–Crippen MR) is 81.8 cm³/mol. The first-order chi connectivity index (χ1) is 9.07. The number of fused-ring (bicyclic) bond motifs is 1. The zero-order valence-electron chi connectivity index (χ0n) is 11.7. The molecule has 0 saturated carbocycles. The quantitative estimate of drug-likeness (QED) is 0.708. The molecule has 0 bridgehead atoms. The van der Waals surface area contributed by atoms with E-state index in [4.69, 9.17) is 4.99 Å². The number of aryl methyl sites for hydroxylation is 2. The van der Waals surface area contributed by atoms with Crippen LogP contribution in [0.4, 0.5) is 0 Å². The summed E-state index contributed by atoms with van der Waals surface area (Å²) in [5.74, 6) is 0. The van der Waals surface area contributed by atoms with Crippen LogP contribution in [-0.2, 0) is 0 Å². The van der Waals surface area contributed by atoms with Gasteiger partial charge in [-0.25, -0.2) is 0 Å². The molecule has 1 aromatic carbocycles. The zero-order chi connectivity index (χ0) is 13.5. The average Bonchev–Trinajstić information content (AvgIpc) is 2.36. The van der Waals surface area contributed by atoms with Crippen molar-refractivity contribution in [3.8, 4) is 0 Å². The number of hydrogen-bond acceptors (Lipinski definition) is 1. The highest BCUT2D eigenvalue weighted by Gasteiger charge is 2.31. The number of aliphatic imine (C=N–C) groups is 1. The van der Waals surface area contributed by atoms with Gasteiger partial charge in [0.2, 0.25) is 0 Å². The van der Waals surface area contributed by atoms with Crippen LogP contribution in [-0.4, -0.2) is 11.8 Å². The molecule has 2 aliphatic rings. The van der Waals surface area contributed by atoms with Crippen LogP contribution in [0.15, 0.2) is 59.6 Å². The molecular weight excluding hydrogens is 230 g/mol. The summed E-state index contributed by atoms with van der Waals surface area (Å²) in [5.41, 5.74) is 4.93. The normalized spacial score (nSPS) is 28.2. The largest absolute Gasteiger partial charge is 0.276 e. The van der Waals surface area contributed by atoms with E-state index in [1.54, 1.807) is 0 Å². The number of rotatable bonds is 1. The Morgan fingerprint density at radius 1 is 1.00 bits per heavy atom. The highest BCUT2D eigenvalue weighted by Crippen LogP contribution is 2.35. The summed E-state index contributed by atoms with van der Waals surface area (Å²) in [4.78, 5) is 4.92. The molecular formula is C18H19N. The maximum atomic E-state index is 4.92. The van der Waals surface area contributed by atoms with Crippen molar-refractivity contribution < 1.29 is 0 Å². The molecule has 0 N–H and O–H groups in total. The summed E-state index contributed by atoms with van der Waals surface area (Å²) < 4.78 is 0. The zero-order valence-corrected chi connectivity index (χ0v) is 11.7. The van der Waals surface area contributed by atoms with Gasteiger partial charge in [-0.3, -0.25) is 4.99 Å². The number of dihydropyridines is 1. The van der Waals surface area contributed by atoms with Gasteiger partial charge in [0.25, 0.3) is 0 Å². The molecule has 0 amide bonds. The van der Waals surface area contributed by atoms with Gasteiger partial charge in [-0.2, -0.15) is 0 Å². The van der Waals surface area contributed by atoms with E-state index in [9.17, 15) is 0 Å². The van der Waals surface area contributed by atoms with E-state index in [2.05, 4.69) is 75.4 Å². The van der Waals surface area contributed by atoms with Crippen LogP contribution in [0.5, 0.6) is 0 Å². The van der Waals surface area contributed by atoms with Gasteiger partial charge in [-0.15, -0.1) is 0 Å². The van der Waals surface area contributed by atoms with Crippen molar-refractivity contribution >= 4 is 5.71 Å². The van der Waals surface area contributed by atoms with Gasteiger partial charge < -0.3 is 0 Å². The maximum Gasteiger partial charge on any atom is 0.0813 e. The van der Waals surface area contributed by atoms with Crippen LogP contribution in [0.25, 0.3) is 0 Å². The summed E-state index contributed by atoms with van der Waals surface area (Å²) >= 11 is 0. The minimum Gasteiger partial charge on any atom is -0.276 e. The molecule has 19 heavy (non-hydrogen) atoms. The Labute approximate surface area is 115 Å². The minimum absolute atomic E-state index is 0.0388. The number of allylic oxidation sites excluding steroid dienone is 3. The van der Waals surface area contributed by atoms with Crippen molar-refractivity contribution in [3.05, 3.63) is 71.3 Å². The molecule has 1 nitrogen and oxygen atoms in total. The molecule has 1 unspecified atom stereocenters. The topological polar surface area (TPSA) is 12.4 Å². The number of benzene rings is 1. The molecule has 96 valence electrons. The van der Waals surface area contributed by atoms with Crippen LogP contribution < -0.4 is 0 Å². The van der Waals surface area contributed by atoms with Crippen molar-refractivity contribution in [1.29, 1.82) is 0 Å². The van der Waals surface area contributed by atoms with E-state index < -0.39 is 0 Å². The molecule has 2 atom stereocenters. The summed E-state index contributed by atoms with van der Waals surface area (Å²) in [7, 11) is 0. The van der Waals surface area contributed by atoms with Gasteiger partial charge in [0, 0.05) is 11.0 Å². The average molecular weight is 249 g/mol. The summed E-state index contributed by atoms with van der Waals surface area (Å²) in [5, 5.41) is 0. The lowest BCUT2D eigenvalue weighted by Gasteiger charge is -2.33. The standard InChI is InChI=1S/C18H19N/c1-13-10-14(2)12-15(11-13)16-7-9-18(3)8-5-4-6-17(18)19-16/h4-12,17H,1-3H3/t17?,18-/m0/s1. The van der Waals surface area contributed by atoms with E-state index in [0.717, 1.165) is 5.71 Å². The van der Waals surface area contributed by atoms with E-state index >= 15 is 0 Å². The second kappa shape index (κ2) is 4.34. The molecule has 0 radical (unpaired) electrons. The van der Waals surface area contributed by atoms with Crippen molar-refractivity contribution in [1.82, 2.24) is 0 Å². The minimum atomic E-state index is 0.0388. The molecule has 0 spiro atoms. The molecule has 1 aromatic rings. The lowest BCUT2D eigenvalue weighted by molar-refractivity contribution is 0.478. The second-order valence-electron chi connectivity index (χ2n) is 5.78. The molecule has 1 heterocycles. The molecule has 1 aliphatic carbocycles. The highest BCUT2D eigenvalue weighted by atomic mass is 14.8. The number of nitrogens with zero attached hydrogens (tertiary/aromatic N) is 1. The molecule has 0 fully saturated rings. The van der Waals surface area contributed by atoms with E-state index in [1.807, 2.05) is 0 Å². The molecule has 0 saturated heterocycles. The van der Waals surface area contributed by atoms with Gasteiger partial charge in [-0.1, -0.05) is 54.5 Å². The number of hydrogen-bond donors (Lipinski definition) is 0. The van der Waals surface area contributed by atoms with Crippen molar-refractivity contribution in [2.24, 2.45) is 10.4 Å². The summed E-state index contributed by atoms with van der Waals surface area (Å²) in [6.45, 7) is 6.50. The van der Waals surface area contributed by atoms with Crippen LogP contribution in [0.3, 0.4) is 0 Å². The fourth-order valence-electron chi connectivity index (χ4n) is 2.82. The van der Waals surface area contributed by atoms with Crippen LogP contribution in [0.2, 0.25) is 0 Å². The van der Waals surface area contributed by atoms with Crippen LogP contribution >= 0.6 is 0 Å². The summed E-state index contributed by atoms with van der Waals surface area (Å²) in [6, 6.07) is 6.84. The molecule has 1 heteroatoms. The van der Waals surface area contributed by atoms with Crippen LogP contribution in [0, 0.1) is 19.3 Å². The first-order valence-corrected chi connectivity index (χ1v) is 6.79. The fraction of sp³-hybridized carbons (Fsp3) is 0.278. The second-order valence-corrected chi connectivity index (χ2v) is 5.78. The van der Waals surface area contributed by atoms with E-state index in [1.165, 1.54) is 16.7 Å². The van der Waals surface area contributed by atoms with E-state index in [-0.39, 0.29) is 11.5 Å². The Morgan fingerprint density at radius 3 is 2.47 bits per heavy atom.